The van der Waals surface area contributed by atoms with Crippen molar-refractivity contribution in [3.05, 3.63) is 68.5 Å². The van der Waals surface area contributed by atoms with Gasteiger partial charge in [-0.1, -0.05) is 23.4 Å². The third-order valence-corrected chi connectivity index (χ3v) is 5.07. The zero-order valence-electron chi connectivity index (χ0n) is 16.7. The zero-order valence-corrected chi connectivity index (χ0v) is 18.3. The molecule has 13 heteroatoms. The molecule has 0 atom stereocenters. The number of benzene rings is 2. The van der Waals surface area contributed by atoms with Crippen LogP contribution in [0.3, 0.4) is 0 Å². The second-order valence-corrected chi connectivity index (χ2v) is 7.31. The predicted octanol–water partition coefficient (Wildman–Crippen LogP) is 4.97. The van der Waals surface area contributed by atoms with Gasteiger partial charge in [0.15, 0.2) is 0 Å². The second-order valence-electron chi connectivity index (χ2n) is 6.13. The lowest BCUT2D eigenvalue weighted by Crippen LogP contribution is -2.02. The van der Waals surface area contributed by atoms with Crippen molar-refractivity contribution in [2.45, 2.75) is 18.2 Å². The van der Waals surface area contributed by atoms with Gasteiger partial charge in [-0.3, -0.25) is 10.1 Å². The Labute approximate surface area is 190 Å². The maximum atomic E-state index is 13.1. The Bertz CT molecular complexity index is 1160. The number of hydrogen-bond donors (Lipinski definition) is 0. The monoisotopic (exact) mass is 483 g/mol. The molecule has 0 aliphatic carbocycles. The molecule has 0 fully saturated rings. The summed E-state index contributed by atoms with van der Waals surface area (Å²) in [7, 11) is 1.49. The SMILES string of the molecule is COc1ccc(/C=N\n2c(SC)nnc2C(F)F)cc1COc1ccc([N+](=O)[O-])cc1Cl. The average molecular weight is 484 g/mol. The van der Waals surface area contributed by atoms with Crippen LogP contribution in [0.1, 0.15) is 23.4 Å². The predicted molar refractivity (Wildman–Crippen MR) is 115 cm³/mol. The van der Waals surface area contributed by atoms with Crippen molar-refractivity contribution in [1.82, 2.24) is 14.9 Å². The fourth-order valence-corrected chi connectivity index (χ4v) is 3.31. The maximum absolute atomic E-state index is 13.1. The highest BCUT2D eigenvalue weighted by atomic mass is 35.5. The molecule has 0 saturated carbocycles. The van der Waals surface area contributed by atoms with Crippen LogP contribution >= 0.6 is 23.4 Å². The molecule has 1 heterocycles. The van der Waals surface area contributed by atoms with Crippen LogP contribution in [0.4, 0.5) is 14.5 Å². The summed E-state index contributed by atoms with van der Waals surface area (Å²) in [5.74, 6) is 0.215. The highest BCUT2D eigenvalue weighted by molar-refractivity contribution is 7.98. The van der Waals surface area contributed by atoms with Crippen LogP contribution in [0.5, 0.6) is 11.5 Å². The van der Waals surface area contributed by atoms with Gasteiger partial charge in [-0.15, -0.1) is 10.2 Å². The minimum absolute atomic E-state index is 0.0351. The Balaban J connectivity index is 1.83. The maximum Gasteiger partial charge on any atom is 0.299 e. The summed E-state index contributed by atoms with van der Waals surface area (Å²) in [6, 6.07) is 8.95. The summed E-state index contributed by atoms with van der Waals surface area (Å²) in [5.41, 5.74) is 1.05. The van der Waals surface area contributed by atoms with E-state index in [9.17, 15) is 18.9 Å². The molecular weight excluding hydrogens is 468 g/mol. The van der Waals surface area contributed by atoms with Crippen LogP contribution in [-0.4, -0.2) is 39.4 Å². The van der Waals surface area contributed by atoms with Gasteiger partial charge < -0.3 is 9.47 Å². The zero-order chi connectivity index (χ0) is 23.3. The Morgan fingerprint density at radius 1 is 1.28 bits per heavy atom. The van der Waals surface area contributed by atoms with Gasteiger partial charge >= 0.3 is 0 Å². The van der Waals surface area contributed by atoms with Crippen molar-refractivity contribution >= 4 is 35.3 Å². The van der Waals surface area contributed by atoms with Gasteiger partial charge in [0.2, 0.25) is 11.0 Å². The fourth-order valence-electron chi connectivity index (χ4n) is 2.64. The highest BCUT2D eigenvalue weighted by Crippen LogP contribution is 2.30. The van der Waals surface area contributed by atoms with E-state index in [1.807, 2.05) is 0 Å². The van der Waals surface area contributed by atoms with E-state index in [2.05, 4.69) is 15.3 Å². The Morgan fingerprint density at radius 2 is 2.03 bits per heavy atom. The molecule has 2 aromatic carbocycles. The summed E-state index contributed by atoms with van der Waals surface area (Å²) in [4.78, 5) is 10.3. The van der Waals surface area contributed by atoms with Crippen LogP contribution < -0.4 is 9.47 Å². The quantitative estimate of drug-likeness (QED) is 0.183. The lowest BCUT2D eigenvalue weighted by atomic mass is 10.1. The van der Waals surface area contributed by atoms with E-state index in [0.717, 1.165) is 16.4 Å². The van der Waals surface area contributed by atoms with E-state index in [0.29, 0.717) is 16.9 Å². The Hall–Kier alpha value is -3.25. The summed E-state index contributed by atoms with van der Waals surface area (Å²) in [6.07, 6.45) is 0.237. The first kappa shape index (κ1) is 23.4. The number of rotatable bonds is 9. The van der Waals surface area contributed by atoms with Gasteiger partial charge in [0.05, 0.1) is 23.3 Å². The van der Waals surface area contributed by atoms with Gasteiger partial charge in [0.1, 0.15) is 18.1 Å². The van der Waals surface area contributed by atoms with Crippen LogP contribution in [0, 0.1) is 10.1 Å². The van der Waals surface area contributed by atoms with E-state index in [1.54, 1.807) is 24.5 Å². The average Bonchev–Trinajstić information content (AvgIpc) is 3.20. The number of nitro benzene ring substituents is 1. The van der Waals surface area contributed by atoms with Gasteiger partial charge in [-0.05, 0) is 36.1 Å². The molecule has 3 rings (SSSR count). The molecule has 9 nitrogen and oxygen atoms in total. The topological polar surface area (TPSA) is 105 Å². The number of ether oxygens (including phenoxy) is 2. The highest BCUT2D eigenvalue weighted by Gasteiger charge is 2.19. The van der Waals surface area contributed by atoms with E-state index >= 15 is 0 Å². The molecule has 0 unspecified atom stereocenters. The van der Waals surface area contributed by atoms with Crippen LogP contribution in [-0.2, 0) is 6.61 Å². The number of nitro groups is 1. The van der Waals surface area contributed by atoms with Gasteiger partial charge in [0.25, 0.3) is 12.1 Å². The van der Waals surface area contributed by atoms with Gasteiger partial charge in [-0.25, -0.2) is 8.78 Å². The number of methoxy groups -OCH3 is 1. The largest absolute Gasteiger partial charge is 0.496 e. The number of hydrogen-bond acceptors (Lipinski definition) is 8. The number of nitrogens with zero attached hydrogens (tertiary/aromatic N) is 5. The molecular formula is C19H16ClF2N5O4S. The lowest BCUT2D eigenvalue weighted by Gasteiger charge is -2.12. The molecule has 0 radical (unpaired) electrons. The minimum Gasteiger partial charge on any atom is -0.496 e. The van der Waals surface area contributed by atoms with Crippen molar-refractivity contribution < 1.29 is 23.2 Å². The molecule has 168 valence electrons. The summed E-state index contributed by atoms with van der Waals surface area (Å²) in [6.45, 7) is 0.0351. The first-order valence-electron chi connectivity index (χ1n) is 8.89. The first-order chi connectivity index (χ1) is 15.3. The third kappa shape index (κ3) is 5.32. The van der Waals surface area contributed by atoms with Crippen LogP contribution in [0.2, 0.25) is 5.02 Å². The van der Waals surface area contributed by atoms with E-state index in [1.165, 1.54) is 31.5 Å². The van der Waals surface area contributed by atoms with Crippen molar-refractivity contribution in [2.24, 2.45) is 5.10 Å². The minimum atomic E-state index is -2.83. The van der Waals surface area contributed by atoms with Gasteiger partial charge in [-0.2, -0.15) is 9.78 Å². The fraction of sp³-hybridized carbons (Fsp3) is 0.211. The summed E-state index contributed by atoms with van der Waals surface area (Å²) < 4.78 is 38.3. The van der Waals surface area contributed by atoms with E-state index in [-0.39, 0.29) is 28.2 Å². The van der Waals surface area contributed by atoms with Crippen molar-refractivity contribution in [2.75, 3.05) is 13.4 Å². The van der Waals surface area contributed by atoms with Crippen molar-refractivity contribution in [1.29, 1.82) is 0 Å². The lowest BCUT2D eigenvalue weighted by molar-refractivity contribution is -0.384. The number of alkyl halides is 2. The van der Waals surface area contributed by atoms with Gasteiger partial charge in [0, 0.05) is 17.7 Å². The number of aromatic nitrogens is 3. The molecule has 3 aromatic rings. The molecule has 0 amide bonds. The Kier molecular flexibility index (Phi) is 7.59. The van der Waals surface area contributed by atoms with Crippen molar-refractivity contribution in [3.8, 4) is 11.5 Å². The number of non-ortho nitro benzene ring substituents is 1. The van der Waals surface area contributed by atoms with E-state index in [4.69, 9.17) is 21.1 Å². The smallest absolute Gasteiger partial charge is 0.299 e. The molecule has 0 saturated heterocycles. The number of halogens is 3. The standard InChI is InChI=1S/C19H16ClF2N5O4S/c1-30-15-5-3-11(9-23-26-18(17(21)22)24-25-19(26)32-2)7-12(15)10-31-16-6-4-13(27(28)29)8-14(16)20/h3-9,17H,10H2,1-2H3/b23-9-. The Morgan fingerprint density at radius 3 is 2.66 bits per heavy atom. The molecule has 0 aliphatic heterocycles. The first-order valence-corrected chi connectivity index (χ1v) is 10.5. The number of thioether (sulfide) groups is 1. The molecule has 0 aliphatic rings. The third-order valence-electron chi connectivity index (χ3n) is 4.15. The molecule has 0 bridgehead atoms. The molecule has 32 heavy (non-hydrogen) atoms. The van der Waals surface area contributed by atoms with Crippen LogP contribution in [0.25, 0.3) is 0 Å². The normalized spacial score (nSPS) is 11.3. The second kappa shape index (κ2) is 10.4. The summed E-state index contributed by atoms with van der Waals surface area (Å²) >= 11 is 7.20. The molecule has 0 spiro atoms. The van der Waals surface area contributed by atoms with Crippen LogP contribution in [0.15, 0.2) is 46.7 Å². The van der Waals surface area contributed by atoms with E-state index < -0.39 is 17.2 Å². The summed E-state index contributed by atoms with van der Waals surface area (Å²) in [5, 5.41) is 22.4. The molecule has 1 aromatic heterocycles. The molecule has 0 N–H and O–H groups in total. The van der Waals surface area contributed by atoms with Crippen molar-refractivity contribution in [3.63, 3.8) is 0 Å².